The van der Waals surface area contributed by atoms with Gasteiger partial charge in [-0.05, 0) is 35.7 Å². The second kappa shape index (κ2) is 5.39. The first-order chi connectivity index (χ1) is 8.29. The first-order valence-corrected chi connectivity index (χ1v) is 5.84. The van der Waals surface area contributed by atoms with Crippen molar-refractivity contribution in [2.75, 3.05) is 5.73 Å². The highest BCUT2D eigenvalue weighted by molar-refractivity contribution is 5.50. The monoisotopic (exact) mass is 227 g/mol. The van der Waals surface area contributed by atoms with Crippen molar-refractivity contribution in [3.05, 3.63) is 59.7 Å². The van der Waals surface area contributed by atoms with Gasteiger partial charge >= 0.3 is 0 Å². The minimum Gasteiger partial charge on any atom is -0.489 e. The van der Waals surface area contributed by atoms with E-state index in [4.69, 9.17) is 10.5 Å². The van der Waals surface area contributed by atoms with Crippen molar-refractivity contribution in [3.63, 3.8) is 0 Å². The smallest absolute Gasteiger partial charge is 0.120 e. The molecule has 0 amide bonds. The largest absolute Gasteiger partial charge is 0.489 e. The van der Waals surface area contributed by atoms with Gasteiger partial charge in [0.15, 0.2) is 0 Å². The molecule has 0 aliphatic rings. The van der Waals surface area contributed by atoms with Crippen molar-refractivity contribution < 1.29 is 4.74 Å². The second-order valence-corrected chi connectivity index (χ2v) is 3.99. The molecule has 17 heavy (non-hydrogen) atoms. The summed E-state index contributed by atoms with van der Waals surface area (Å²) >= 11 is 0. The van der Waals surface area contributed by atoms with Crippen LogP contribution in [-0.2, 0) is 13.0 Å². The van der Waals surface area contributed by atoms with E-state index in [0.717, 1.165) is 23.4 Å². The number of nitrogens with two attached hydrogens (primary N) is 1. The summed E-state index contributed by atoms with van der Waals surface area (Å²) in [5.74, 6) is 0.875. The molecule has 0 unspecified atom stereocenters. The van der Waals surface area contributed by atoms with Crippen LogP contribution in [0, 0.1) is 0 Å². The lowest BCUT2D eigenvalue weighted by molar-refractivity contribution is 0.306. The summed E-state index contributed by atoms with van der Waals surface area (Å²) in [5, 5.41) is 0. The van der Waals surface area contributed by atoms with Gasteiger partial charge < -0.3 is 10.5 Å². The summed E-state index contributed by atoms with van der Waals surface area (Å²) in [5.41, 5.74) is 8.99. The van der Waals surface area contributed by atoms with E-state index in [-0.39, 0.29) is 0 Å². The van der Waals surface area contributed by atoms with Gasteiger partial charge in [0, 0.05) is 5.69 Å². The van der Waals surface area contributed by atoms with Gasteiger partial charge in [0.25, 0.3) is 0 Å². The third-order valence-electron chi connectivity index (χ3n) is 2.74. The summed E-state index contributed by atoms with van der Waals surface area (Å²) in [6.07, 6.45) is 0.925. The Hall–Kier alpha value is -1.96. The Morgan fingerprint density at radius 2 is 1.82 bits per heavy atom. The molecule has 2 N–H and O–H groups in total. The molecule has 2 aromatic rings. The van der Waals surface area contributed by atoms with E-state index in [1.807, 2.05) is 36.4 Å². The standard InChI is InChI=1S/C15H17NO/c1-2-13-10-14(8-9-15(13)16)17-11-12-6-4-3-5-7-12/h3-10H,2,11,16H2,1H3. The molecule has 0 radical (unpaired) electrons. The minimum absolute atomic E-state index is 0.591. The van der Waals surface area contributed by atoms with Crippen LogP contribution in [0.5, 0.6) is 5.75 Å². The van der Waals surface area contributed by atoms with Crippen molar-refractivity contribution in [3.8, 4) is 5.75 Å². The van der Waals surface area contributed by atoms with E-state index in [1.54, 1.807) is 0 Å². The molecule has 0 bridgehead atoms. The van der Waals surface area contributed by atoms with Crippen LogP contribution in [0.2, 0.25) is 0 Å². The van der Waals surface area contributed by atoms with E-state index in [1.165, 1.54) is 5.56 Å². The fourth-order valence-electron chi connectivity index (χ4n) is 1.72. The van der Waals surface area contributed by atoms with Crippen LogP contribution >= 0.6 is 0 Å². The van der Waals surface area contributed by atoms with Crippen LogP contribution in [0.25, 0.3) is 0 Å². The molecule has 0 atom stereocenters. The van der Waals surface area contributed by atoms with Gasteiger partial charge in [-0.2, -0.15) is 0 Å². The van der Waals surface area contributed by atoms with Crippen molar-refractivity contribution in [1.82, 2.24) is 0 Å². The van der Waals surface area contributed by atoms with Crippen LogP contribution in [-0.4, -0.2) is 0 Å². The molecule has 2 rings (SSSR count). The van der Waals surface area contributed by atoms with Crippen LogP contribution in [0.1, 0.15) is 18.1 Å². The lowest BCUT2D eigenvalue weighted by Gasteiger charge is -2.09. The zero-order valence-electron chi connectivity index (χ0n) is 10.0. The fraction of sp³-hybridized carbons (Fsp3) is 0.200. The number of benzene rings is 2. The Balaban J connectivity index is 2.04. The molecule has 0 aromatic heterocycles. The maximum Gasteiger partial charge on any atom is 0.120 e. The Labute approximate surface area is 102 Å². The van der Waals surface area contributed by atoms with E-state index >= 15 is 0 Å². The third kappa shape index (κ3) is 3.00. The Morgan fingerprint density at radius 1 is 1.06 bits per heavy atom. The predicted octanol–water partition coefficient (Wildman–Crippen LogP) is 3.41. The summed E-state index contributed by atoms with van der Waals surface area (Å²) in [6, 6.07) is 16.0. The summed E-state index contributed by atoms with van der Waals surface area (Å²) in [6.45, 7) is 2.68. The molecule has 0 fully saturated rings. The molecular formula is C15H17NO. The van der Waals surface area contributed by atoms with Gasteiger partial charge in [-0.1, -0.05) is 37.3 Å². The van der Waals surface area contributed by atoms with E-state index in [9.17, 15) is 0 Å². The summed E-state index contributed by atoms with van der Waals surface area (Å²) in [7, 11) is 0. The highest BCUT2D eigenvalue weighted by Crippen LogP contribution is 2.21. The Kier molecular flexibility index (Phi) is 3.66. The molecule has 2 nitrogen and oxygen atoms in total. The highest BCUT2D eigenvalue weighted by atomic mass is 16.5. The van der Waals surface area contributed by atoms with Crippen LogP contribution in [0.15, 0.2) is 48.5 Å². The van der Waals surface area contributed by atoms with Crippen molar-refractivity contribution in [2.24, 2.45) is 0 Å². The minimum atomic E-state index is 0.591. The predicted molar refractivity (Wildman–Crippen MR) is 71.0 cm³/mol. The Morgan fingerprint density at radius 3 is 2.53 bits per heavy atom. The molecule has 0 aliphatic carbocycles. The fourth-order valence-corrected chi connectivity index (χ4v) is 1.72. The van der Waals surface area contributed by atoms with E-state index in [0.29, 0.717) is 6.61 Å². The van der Waals surface area contributed by atoms with Crippen molar-refractivity contribution in [2.45, 2.75) is 20.0 Å². The Bertz CT molecular complexity index is 480. The molecule has 0 saturated heterocycles. The topological polar surface area (TPSA) is 35.2 Å². The maximum absolute atomic E-state index is 5.85. The maximum atomic E-state index is 5.85. The number of anilines is 1. The molecule has 0 heterocycles. The van der Waals surface area contributed by atoms with Gasteiger partial charge in [0.1, 0.15) is 12.4 Å². The average Bonchev–Trinajstić information content (AvgIpc) is 2.39. The highest BCUT2D eigenvalue weighted by Gasteiger charge is 2.00. The van der Waals surface area contributed by atoms with Gasteiger partial charge in [-0.25, -0.2) is 0 Å². The van der Waals surface area contributed by atoms with Gasteiger partial charge in [-0.3, -0.25) is 0 Å². The number of hydrogen-bond acceptors (Lipinski definition) is 2. The number of rotatable bonds is 4. The summed E-state index contributed by atoms with van der Waals surface area (Å²) < 4.78 is 5.73. The van der Waals surface area contributed by atoms with Gasteiger partial charge in [-0.15, -0.1) is 0 Å². The van der Waals surface area contributed by atoms with Crippen LogP contribution < -0.4 is 10.5 Å². The van der Waals surface area contributed by atoms with Gasteiger partial charge in [0.05, 0.1) is 0 Å². The molecule has 0 aliphatic heterocycles. The number of aryl methyl sites for hydroxylation is 1. The molecule has 2 heteroatoms. The molecule has 88 valence electrons. The zero-order valence-corrected chi connectivity index (χ0v) is 10.0. The third-order valence-corrected chi connectivity index (χ3v) is 2.74. The van der Waals surface area contributed by atoms with Crippen molar-refractivity contribution >= 4 is 5.69 Å². The quantitative estimate of drug-likeness (QED) is 0.812. The van der Waals surface area contributed by atoms with E-state index < -0.39 is 0 Å². The van der Waals surface area contributed by atoms with E-state index in [2.05, 4.69) is 19.1 Å². The molecular weight excluding hydrogens is 210 g/mol. The SMILES string of the molecule is CCc1cc(OCc2ccccc2)ccc1N. The first kappa shape index (κ1) is 11.5. The number of nitrogen functional groups attached to an aromatic ring is 1. The number of hydrogen-bond donors (Lipinski definition) is 1. The first-order valence-electron chi connectivity index (χ1n) is 5.84. The lowest BCUT2D eigenvalue weighted by atomic mass is 10.1. The molecule has 0 spiro atoms. The summed E-state index contributed by atoms with van der Waals surface area (Å²) in [4.78, 5) is 0. The number of ether oxygens (including phenoxy) is 1. The normalized spacial score (nSPS) is 10.2. The lowest BCUT2D eigenvalue weighted by Crippen LogP contribution is -1.97. The zero-order chi connectivity index (χ0) is 12.1. The van der Waals surface area contributed by atoms with Crippen molar-refractivity contribution in [1.29, 1.82) is 0 Å². The van der Waals surface area contributed by atoms with Gasteiger partial charge in [0.2, 0.25) is 0 Å². The van der Waals surface area contributed by atoms with Crippen LogP contribution in [0.3, 0.4) is 0 Å². The second-order valence-electron chi connectivity index (χ2n) is 3.99. The van der Waals surface area contributed by atoms with Crippen LogP contribution in [0.4, 0.5) is 5.69 Å². The molecule has 2 aromatic carbocycles. The average molecular weight is 227 g/mol. The molecule has 0 saturated carbocycles.